The molecule has 0 unspecified atom stereocenters. The predicted molar refractivity (Wildman–Crippen MR) is 75.9 cm³/mol. The first-order chi connectivity index (χ1) is 8.83. The van der Waals surface area contributed by atoms with Crippen LogP contribution in [0.4, 0.5) is 0 Å². The van der Waals surface area contributed by atoms with Crippen LogP contribution in [0.5, 0.6) is 0 Å². The van der Waals surface area contributed by atoms with E-state index in [0.717, 1.165) is 9.06 Å². The molecule has 18 heavy (non-hydrogen) atoms. The second-order valence-corrected chi connectivity index (χ2v) is 5.57. The maximum Gasteiger partial charge on any atom is 0.363 e. The molecule has 0 spiro atoms. The molecule has 0 amide bonds. The fourth-order valence-electron chi connectivity index (χ4n) is 1.34. The van der Waals surface area contributed by atoms with Crippen molar-refractivity contribution in [1.29, 1.82) is 0 Å². The number of hydrogen-bond donors (Lipinski definition) is 0. The summed E-state index contributed by atoms with van der Waals surface area (Å²) >= 11 is 3.34. The van der Waals surface area contributed by atoms with E-state index in [1.165, 1.54) is 9.06 Å². The molecule has 4 heteroatoms. The van der Waals surface area contributed by atoms with Crippen molar-refractivity contribution in [2.45, 2.75) is 13.8 Å². The van der Waals surface area contributed by atoms with E-state index in [1.54, 1.807) is 22.7 Å². The summed E-state index contributed by atoms with van der Waals surface area (Å²) in [6.07, 6.45) is 2.91. The summed E-state index contributed by atoms with van der Waals surface area (Å²) in [6, 6.07) is 8.21. The van der Waals surface area contributed by atoms with Crippen LogP contribution in [0, 0.1) is 9.06 Å². The van der Waals surface area contributed by atoms with Crippen LogP contribution in [-0.2, 0) is 9.16 Å². The van der Waals surface area contributed by atoms with Gasteiger partial charge in [-0.3, -0.25) is 0 Å². The smallest absolute Gasteiger partial charge is 0.363 e. The largest absolute Gasteiger partial charge is 0.592 e. The Kier molecular flexibility index (Phi) is 4.76. The predicted octanol–water partition coefficient (Wildman–Crippen LogP) is 1.81. The SMILES string of the molecule is CCO[C-]=c1ccc(=c2ccc(=C=[O+]CC)s2)s1. The Morgan fingerprint density at radius 1 is 1.17 bits per heavy atom. The van der Waals surface area contributed by atoms with Crippen molar-refractivity contribution in [1.82, 2.24) is 0 Å². The first-order valence-electron chi connectivity index (χ1n) is 5.79. The van der Waals surface area contributed by atoms with E-state index in [4.69, 9.17) is 9.16 Å². The second-order valence-electron chi connectivity index (χ2n) is 3.40. The minimum Gasteiger partial charge on any atom is -0.592 e. The summed E-state index contributed by atoms with van der Waals surface area (Å²) < 4.78 is 14.8. The highest BCUT2D eigenvalue weighted by atomic mass is 32.1. The van der Waals surface area contributed by atoms with Gasteiger partial charge < -0.3 is 4.74 Å². The van der Waals surface area contributed by atoms with E-state index in [-0.39, 0.29) is 0 Å². The Hall–Kier alpha value is -1.35. The zero-order chi connectivity index (χ0) is 12.8. The van der Waals surface area contributed by atoms with Gasteiger partial charge in [0, 0.05) is 16.0 Å². The molecule has 2 aromatic heterocycles. The lowest BCUT2D eigenvalue weighted by molar-refractivity contribution is 0.127. The first kappa shape index (κ1) is 13.1. The Balaban J connectivity index is 2.52. The highest BCUT2D eigenvalue weighted by Gasteiger charge is 1.90. The quantitative estimate of drug-likeness (QED) is 0.619. The van der Waals surface area contributed by atoms with Crippen molar-refractivity contribution in [2.75, 3.05) is 13.2 Å². The summed E-state index contributed by atoms with van der Waals surface area (Å²) in [5.41, 5.74) is 0. The molecule has 0 saturated carbocycles. The maximum absolute atomic E-state index is 5.16. The van der Waals surface area contributed by atoms with Crippen LogP contribution in [0.25, 0.3) is 6.26 Å². The molecule has 2 rings (SSSR count). The highest BCUT2D eigenvalue weighted by Crippen LogP contribution is 2.02. The summed E-state index contributed by atoms with van der Waals surface area (Å²) in [6.45, 7) is 5.20. The lowest BCUT2D eigenvalue weighted by Gasteiger charge is -1.97. The summed E-state index contributed by atoms with van der Waals surface area (Å²) in [5.74, 6) is 2.91. The Morgan fingerprint density at radius 3 is 2.72 bits per heavy atom. The van der Waals surface area contributed by atoms with Crippen molar-refractivity contribution in [3.63, 3.8) is 0 Å². The minimum absolute atomic E-state index is 0.647. The molecule has 0 N–H and O–H groups in total. The van der Waals surface area contributed by atoms with Crippen molar-refractivity contribution >= 4 is 34.9 Å². The molecular formula is C14H14O2S2. The zero-order valence-electron chi connectivity index (χ0n) is 10.4. The molecule has 0 bridgehead atoms. The summed E-state index contributed by atoms with van der Waals surface area (Å²) in [4.78, 5) is 0. The molecule has 0 aliphatic heterocycles. The number of thiophene rings is 2. The Labute approximate surface area is 113 Å². The van der Waals surface area contributed by atoms with Crippen LogP contribution in [0.3, 0.4) is 0 Å². The third-order valence-corrected chi connectivity index (χ3v) is 4.25. The van der Waals surface area contributed by atoms with E-state index >= 15 is 0 Å². The van der Waals surface area contributed by atoms with Crippen LogP contribution in [0.1, 0.15) is 13.8 Å². The fraction of sp³-hybridized carbons (Fsp3) is 0.286. The van der Waals surface area contributed by atoms with Crippen molar-refractivity contribution < 1.29 is 9.16 Å². The molecule has 0 aromatic carbocycles. The van der Waals surface area contributed by atoms with Gasteiger partial charge in [-0.15, -0.1) is 21.9 Å². The van der Waals surface area contributed by atoms with Crippen LogP contribution in [-0.4, -0.2) is 19.2 Å². The molecule has 2 nitrogen and oxygen atoms in total. The zero-order valence-corrected chi connectivity index (χ0v) is 12.0. The van der Waals surface area contributed by atoms with E-state index < -0.39 is 0 Å². The Morgan fingerprint density at radius 2 is 1.94 bits per heavy atom. The lowest BCUT2D eigenvalue weighted by atomic mass is 10.5. The maximum atomic E-state index is 5.16. The van der Waals surface area contributed by atoms with Crippen molar-refractivity contribution in [3.05, 3.63) is 42.4 Å². The minimum atomic E-state index is 0.647. The molecule has 2 aromatic rings. The number of rotatable bonds is 3. The van der Waals surface area contributed by atoms with Crippen LogP contribution in [0.2, 0.25) is 0 Å². The standard InChI is InChI=1S/C14H14O2S2/c1-3-15-9-11-5-7-13(17-11)14-8-6-12(18-14)10-16-4-2/h5-8H,3-4H2,1-2H3. The molecule has 0 radical (unpaired) electrons. The molecular weight excluding hydrogens is 264 g/mol. The molecule has 2 heterocycles. The normalized spacial score (nSPS) is 13.3. The van der Waals surface area contributed by atoms with E-state index in [9.17, 15) is 0 Å². The molecule has 0 aliphatic rings. The topological polar surface area (TPSA) is 20.5 Å². The molecule has 0 atom stereocenters. The molecule has 0 saturated heterocycles. The molecule has 0 aliphatic carbocycles. The molecule has 94 valence electrons. The monoisotopic (exact) mass is 278 g/mol. The van der Waals surface area contributed by atoms with Gasteiger partial charge in [0.25, 0.3) is 6.61 Å². The number of carbonyl (C=O) groups excluding carboxylic acids is 1. The van der Waals surface area contributed by atoms with Crippen molar-refractivity contribution in [3.8, 4) is 0 Å². The van der Waals surface area contributed by atoms with Crippen LogP contribution < -0.4 is 9.06 Å². The van der Waals surface area contributed by atoms with Gasteiger partial charge in [-0.2, -0.15) is 17.4 Å². The average molecular weight is 278 g/mol. The fourth-order valence-corrected chi connectivity index (χ4v) is 3.14. The van der Waals surface area contributed by atoms with Gasteiger partial charge in [0.15, 0.2) is 4.53 Å². The summed E-state index contributed by atoms with van der Waals surface area (Å²) in [5, 5.41) is 0. The van der Waals surface area contributed by atoms with E-state index in [0.29, 0.717) is 13.2 Å². The first-order valence-corrected chi connectivity index (χ1v) is 7.42. The van der Waals surface area contributed by atoms with Gasteiger partial charge in [0.2, 0.25) is 0 Å². The van der Waals surface area contributed by atoms with Gasteiger partial charge >= 0.3 is 5.94 Å². The average Bonchev–Trinajstić information content (AvgIpc) is 3.02. The third-order valence-electron chi connectivity index (χ3n) is 2.09. The van der Waals surface area contributed by atoms with E-state index in [1.807, 2.05) is 26.0 Å². The van der Waals surface area contributed by atoms with Crippen LogP contribution >= 0.6 is 22.7 Å². The lowest BCUT2D eigenvalue weighted by Crippen LogP contribution is -1.92. The van der Waals surface area contributed by atoms with E-state index in [2.05, 4.69) is 24.3 Å². The van der Waals surface area contributed by atoms with Crippen LogP contribution in [0.15, 0.2) is 24.3 Å². The number of ether oxygens (including phenoxy) is 1. The highest BCUT2D eigenvalue weighted by molar-refractivity contribution is 7.11. The van der Waals surface area contributed by atoms with Gasteiger partial charge in [0.05, 0.1) is 6.61 Å². The Bertz CT molecular complexity index is 733. The van der Waals surface area contributed by atoms with Gasteiger partial charge in [-0.05, 0) is 19.1 Å². The summed E-state index contributed by atoms with van der Waals surface area (Å²) in [7, 11) is 0. The number of hydrogen-bond acceptors (Lipinski definition) is 3. The van der Waals surface area contributed by atoms with Gasteiger partial charge in [-0.1, -0.05) is 6.26 Å². The van der Waals surface area contributed by atoms with Crippen molar-refractivity contribution in [2.24, 2.45) is 0 Å². The van der Waals surface area contributed by atoms with Gasteiger partial charge in [0.1, 0.15) is 0 Å². The van der Waals surface area contributed by atoms with Gasteiger partial charge in [-0.25, -0.2) is 4.42 Å². The molecule has 0 fully saturated rings. The second kappa shape index (κ2) is 6.55. The third kappa shape index (κ3) is 3.33.